The maximum absolute atomic E-state index is 11.8. The van der Waals surface area contributed by atoms with Gasteiger partial charge in [0.25, 0.3) is 5.56 Å². The van der Waals surface area contributed by atoms with Gasteiger partial charge >= 0.3 is 0 Å². The van der Waals surface area contributed by atoms with Crippen LogP contribution in [0.15, 0.2) is 23.1 Å². The van der Waals surface area contributed by atoms with Crippen molar-refractivity contribution in [3.05, 3.63) is 40.2 Å². The van der Waals surface area contributed by atoms with Crippen LogP contribution in [0.2, 0.25) is 0 Å². The van der Waals surface area contributed by atoms with Crippen LogP contribution in [0.4, 0.5) is 10.9 Å². The van der Waals surface area contributed by atoms with Crippen molar-refractivity contribution >= 4 is 27.2 Å². The molecule has 4 rings (SSSR count). The molecule has 0 aliphatic carbocycles. The maximum atomic E-state index is 11.8. The minimum Gasteiger partial charge on any atom is -0.357 e. The molecule has 1 fully saturated rings. The van der Waals surface area contributed by atoms with Crippen LogP contribution in [-0.4, -0.2) is 43.7 Å². The quantitative estimate of drug-likeness (QED) is 0.762. The SMILES string of the molecule is Cc1cc(N2CCC(Nc3nn4c(=O)ccnc4s3)CC2)nc(C)n1. The van der Waals surface area contributed by atoms with Gasteiger partial charge in [-0.05, 0) is 26.7 Å². The van der Waals surface area contributed by atoms with Gasteiger partial charge in [0.05, 0.1) is 0 Å². The van der Waals surface area contributed by atoms with E-state index in [9.17, 15) is 4.79 Å². The fourth-order valence-corrected chi connectivity index (χ4v) is 3.94. The van der Waals surface area contributed by atoms with Crippen LogP contribution in [0.25, 0.3) is 4.96 Å². The minimum absolute atomic E-state index is 0.154. The second kappa shape index (κ2) is 6.40. The molecule has 0 amide bonds. The first kappa shape index (κ1) is 15.9. The molecule has 1 aliphatic rings. The molecule has 3 aromatic rings. The van der Waals surface area contributed by atoms with Crippen LogP contribution < -0.4 is 15.8 Å². The van der Waals surface area contributed by atoms with Gasteiger partial charge in [0.15, 0.2) is 0 Å². The Kier molecular flexibility index (Phi) is 4.08. The fourth-order valence-electron chi connectivity index (χ4n) is 3.09. The Balaban J connectivity index is 1.43. The van der Waals surface area contributed by atoms with E-state index in [4.69, 9.17) is 0 Å². The Morgan fingerprint density at radius 3 is 2.76 bits per heavy atom. The Hall–Kier alpha value is -2.55. The summed E-state index contributed by atoms with van der Waals surface area (Å²) in [5, 5.41) is 8.50. The molecule has 1 N–H and O–H groups in total. The molecule has 0 saturated carbocycles. The summed E-state index contributed by atoms with van der Waals surface area (Å²) >= 11 is 1.40. The number of aryl methyl sites for hydroxylation is 2. The van der Waals surface area contributed by atoms with E-state index in [1.807, 2.05) is 19.9 Å². The molecule has 0 radical (unpaired) electrons. The summed E-state index contributed by atoms with van der Waals surface area (Å²) < 4.78 is 1.34. The Morgan fingerprint density at radius 1 is 1.24 bits per heavy atom. The van der Waals surface area contributed by atoms with Gasteiger partial charge < -0.3 is 10.2 Å². The van der Waals surface area contributed by atoms with Gasteiger partial charge in [0.2, 0.25) is 10.1 Å². The molecular weight excluding hydrogens is 338 g/mol. The molecule has 9 heteroatoms. The standard InChI is InChI=1S/C16H19N7OS/c1-10-9-13(19-11(2)18-10)22-7-4-12(5-8-22)20-15-21-23-14(24)3-6-17-16(23)25-15/h3,6,9,12H,4-5,7-8H2,1-2H3,(H,20,21). The predicted octanol–water partition coefficient (Wildman–Crippen LogP) is 1.64. The number of piperidine rings is 1. The summed E-state index contributed by atoms with van der Waals surface area (Å²) in [5.41, 5.74) is 0.841. The smallest absolute Gasteiger partial charge is 0.275 e. The molecule has 0 unspecified atom stereocenters. The van der Waals surface area contributed by atoms with Crippen molar-refractivity contribution in [1.82, 2.24) is 24.6 Å². The van der Waals surface area contributed by atoms with E-state index >= 15 is 0 Å². The van der Waals surface area contributed by atoms with E-state index in [0.29, 0.717) is 11.0 Å². The number of anilines is 2. The van der Waals surface area contributed by atoms with Gasteiger partial charge in [0.1, 0.15) is 11.6 Å². The Morgan fingerprint density at radius 2 is 2.04 bits per heavy atom. The number of hydrogen-bond donors (Lipinski definition) is 1. The molecule has 8 nitrogen and oxygen atoms in total. The number of nitrogens with zero attached hydrogens (tertiary/aromatic N) is 6. The highest BCUT2D eigenvalue weighted by Gasteiger charge is 2.21. The minimum atomic E-state index is -0.154. The van der Waals surface area contributed by atoms with E-state index in [1.165, 1.54) is 28.1 Å². The van der Waals surface area contributed by atoms with E-state index in [-0.39, 0.29) is 5.56 Å². The summed E-state index contributed by atoms with van der Waals surface area (Å²) in [5.74, 6) is 1.81. The molecule has 1 aliphatic heterocycles. The molecule has 130 valence electrons. The highest BCUT2D eigenvalue weighted by atomic mass is 32.1. The zero-order valence-corrected chi connectivity index (χ0v) is 15.0. The molecular formula is C16H19N7OS. The van der Waals surface area contributed by atoms with Crippen molar-refractivity contribution in [1.29, 1.82) is 0 Å². The molecule has 0 aromatic carbocycles. The van der Waals surface area contributed by atoms with E-state index < -0.39 is 0 Å². The predicted molar refractivity (Wildman–Crippen MR) is 97.5 cm³/mol. The topological polar surface area (TPSA) is 88.3 Å². The lowest BCUT2D eigenvalue weighted by atomic mass is 10.1. The summed E-state index contributed by atoms with van der Waals surface area (Å²) in [6, 6.07) is 3.78. The van der Waals surface area contributed by atoms with Gasteiger partial charge in [-0.15, -0.1) is 5.10 Å². The molecule has 3 aromatic heterocycles. The summed E-state index contributed by atoms with van der Waals surface area (Å²) in [7, 11) is 0. The van der Waals surface area contributed by atoms with E-state index in [1.54, 1.807) is 0 Å². The van der Waals surface area contributed by atoms with Crippen LogP contribution in [0.3, 0.4) is 0 Å². The van der Waals surface area contributed by atoms with Crippen molar-refractivity contribution in [2.24, 2.45) is 0 Å². The van der Waals surface area contributed by atoms with Gasteiger partial charge in [-0.3, -0.25) is 4.79 Å². The third-order valence-electron chi connectivity index (χ3n) is 4.27. The monoisotopic (exact) mass is 357 g/mol. The molecule has 0 atom stereocenters. The number of nitrogens with one attached hydrogen (secondary N) is 1. The summed E-state index contributed by atoms with van der Waals surface area (Å²) in [6.45, 7) is 5.77. The number of aromatic nitrogens is 5. The van der Waals surface area contributed by atoms with Gasteiger partial charge in [-0.2, -0.15) is 4.52 Å². The first-order chi connectivity index (χ1) is 12.1. The van der Waals surface area contributed by atoms with Crippen LogP contribution in [0.1, 0.15) is 24.4 Å². The van der Waals surface area contributed by atoms with Gasteiger partial charge in [-0.1, -0.05) is 11.3 Å². The molecule has 0 bridgehead atoms. The van der Waals surface area contributed by atoms with Crippen LogP contribution >= 0.6 is 11.3 Å². The van der Waals surface area contributed by atoms with Crippen LogP contribution in [0, 0.1) is 13.8 Å². The Labute approximate surface area is 148 Å². The highest BCUT2D eigenvalue weighted by molar-refractivity contribution is 7.20. The molecule has 25 heavy (non-hydrogen) atoms. The number of hydrogen-bond acceptors (Lipinski definition) is 8. The van der Waals surface area contributed by atoms with E-state index in [0.717, 1.165) is 48.4 Å². The average Bonchev–Trinajstić information content (AvgIpc) is 2.98. The number of fused-ring (bicyclic) bond motifs is 1. The first-order valence-electron chi connectivity index (χ1n) is 8.27. The number of rotatable bonds is 3. The van der Waals surface area contributed by atoms with Crippen molar-refractivity contribution < 1.29 is 0 Å². The average molecular weight is 357 g/mol. The summed E-state index contributed by atoms with van der Waals surface area (Å²) in [4.78, 5) is 27.7. The molecule has 4 heterocycles. The lowest BCUT2D eigenvalue weighted by Gasteiger charge is -2.33. The van der Waals surface area contributed by atoms with Crippen molar-refractivity contribution in [3.8, 4) is 0 Å². The third kappa shape index (κ3) is 3.32. The van der Waals surface area contributed by atoms with Crippen LogP contribution in [0.5, 0.6) is 0 Å². The van der Waals surface area contributed by atoms with Crippen molar-refractivity contribution in [2.75, 3.05) is 23.3 Å². The molecule has 0 spiro atoms. The maximum Gasteiger partial charge on any atom is 0.275 e. The first-order valence-corrected chi connectivity index (χ1v) is 9.09. The van der Waals surface area contributed by atoms with Crippen LogP contribution in [-0.2, 0) is 0 Å². The second-order valence-electron chi connectivity index (χ2n) is 6.21. The largest absolute Gasteiger partial charge is 0.357 e. The highest BCUT2D eigenvalue weighted by Crippen LogP contribution is 2.23. The van der Waals surface area contributed by atoms with Gasteiger partial charge in [-0.25, -0.2) is 15.0 Å². The van der Waals surface area contributed by atoms with Crippen molar-refractivity contribution in [3.63, 3.8) is 0 Å². The Bertz CT molecular complexity index is 938. The zero-order valence-electron chi connectivity index (χ0n) is 14.1. The zero-order chi connectivity index (χ0) is 17.4. The normalized spacial score (nSPS) is 15.7. The lowest BCUT2D eigenvalue weighted by Crippen LogP contribution is -2.39. The third-order valence-corrected chi connectivity index (χ3v) is 5.12. The summed E-state index contributed by atoms with van der Waals surface area (Å²) in [6.07, 6.45) is 3.49. The van der Waals surface area contributed by atoms with Crippen molar-refractivity contribution in [2.45, 2.75) is 32.7 Å². The lowest BCUT2D eigenvalue weighted by molar-refractivity contribution is 0.522. The fraction of sp³-hybridized carbons (Fsp3) is 0.438. The second-order valence-corrected chi connectivity index (χ2v) is 7.16. The van der Waals surface area contributed by atoms with Gasteiger partial charge in [0, 0.05) is 43.2 Å². The molecule has 1 saturated heterocycles. The van der Waals surface area contributed by atoms with E-state index in [2.05, 4.69) is 30.3 Å².